The molecule has 0 aliphatic heterocycles. The molecule has 2 N–H and O–H groups in total. The number of sulfonamides is 1. The van der Waals surface area contributed by atoms with Crippen LogP contribution >= 0.6 is 0 Å². The molecular formula is C18H13F3N4O6S. The Labute approximate surface area is 177 Å². The number of carbonyl (C=O) groups excluding carboxylic acids is 2. The van der Waals surface area contributed by atoms with Gasteiger partial charge in [-0.05, 0) is 24.3 Å². The van der Waals surface area contributed by atoms with E-state index in [9.17, 15) is 41.3 Å². The van der Waals surface area contributed by atoms with Crippen LogP contribution in [0.2, 0.25) is 0 Å². The number of carbonyl (C=O) groups is 2. The van der Waals surface area contributed by atoms with Crippen LogP contribution in [0.15, 0.2) is 48.5 Å². The first-order valence-corrected chi connectivity index (χ1v) is 10.1. The van der Waals surface area contributed by atoms with Crippen LogP contribution in [-0.2, 0) is 14.8 Å². The third-order valence-electron chi connectivity index (χ3n) is 4.19. The zero-order chi connectivity index (χ0) is 23.8. The number of rotatable bonds is 5. The minimum Gasteiger partial charge on any atom is -0.326 e. The highest BCUT2D eigenvalue weighted by atomic mass is 32.2. The standard InChI is InChI=1S/C18H13F3N4O6S/c1-10(26)22-12-5-3-6-13(9-12)24-15(17(27)23-32(30,31)18(19,20)21)8-11-4-2-7-14(16(11)24)25(28)29/h2-9H,1H3,(H,22,26)(H,23,27). The van der Waals surface area contributed by atoms with E-state index in [1.54, 1.807) is 0 Å². The molecule has 168 valence electrons. The Bertz CT molecular complexity index is 1360. The first kappa shape index (κ1) is 22.7. The second-order valence-corrected chi connectivity index (χ2v) is 8.12. The summed E-state index contributed by atoms with van der Waals surface area (Å²) in [7, 11) is -6.04. The molecule has 0 aliphatic carbocycles. The molecule has 10 nitrogen and oxygen atoms in total. The highest BCUT2D eigenvalue weighted by Gasteiger charge is 2.47. The van der Waals surface area contributed by atoms with Crippen molar-refractivity contribution in [1.82, 2.24) is 9.29 Å². The third kappa shape index (κ3) is 4.25. The summed E-state index contributed by atoms with van der Waals surface area (Å²) in [6.07, 6.45) is 0. The lowest BCUT2D eigenvalue weighted by atomic mass is 10.2. The molecule has 3 aromatic rings. The number of halogens is 3. The van der Waals surface area contributed by atoms with Gasteiger partial charge >= 0.3 is 15.5 Å². The smallest absolute Gasteiger partial charge is 0.326 e. The molecule has 1 heterocycles. The van der Waals surface area contributed by atoms with Crippen LogP contribution in [0, 0.1) is 10.1 Å². The maximum absolute atomic E-state index is 12.7. The Morgan fingerprint density at radius 1 is 1.09 bits per heavy atom. The topological polar surface area (TPSA) is 140 Å². The predicted octanol–water partition coefficient (Wildman–Crippen LogP) is 3.08. The Morgan fingerprint density at radius 3 is 2.34 bits per heavy atom. The van der Waals surface area contributed by atoms with Gasteiger partial charge in [0.15, 0.2) is 0 Å². The maximum Gasteiger partial charge on any atom is 0.516 e. The molecule has 0 fully saturated rings. The fraction of sp³-hybridized carbons (Fsp3) is 0.111. The lowest BCUT2D eigenvalue weighted by Gasteiger charge is -2.14. The number of nitro benzene ring substituents is 1. The molecule has 32 heavy (non-hydrogen) atoms. The van der Waals surface area contributed by atoms with E-state index in [-0.39, 0.29) is 22.3 Å². The summed E-state index contributed by atoms with van der Waals surface area (Å²) in [5.74, 6) is -2.10. The van der Waals surface area contributed by atoms with Crippen molar-refractivity contribution in [1.29, 1.82) is 0 Å². The second-order valence-electron chi connectivity index (χ2n) is 6.45. The van der Waals surface area contributed by atoms with E-state index in [2.05, 4.69) is 5.32 Å². The van der Waals surface area contributed by atoms with Gasteiger partial charge in [0.05, 0.1) is 4.92 Å². The van der Waals surface area contributed by atoms with Crippen molar-refractivity contribution in [2.24, 2.45) is 0 Å². The highest BCUT2D eigenvalue weighted by molar-refractivity contribution is 7.90. The average Bonchev–Trinajstić information content (AvgIpc) is 3.06. The number of para-hydroxylation sites is 1. The van der Waals surface area contributed by atoms with E-state index in [1.807, 2.05) is 0 Å². The molecule has 2 aromatic carbocycles. The highest BCUT2D eigenvalue weighted by Crippen LogP contribution is 2.33. The number of nitrogens with zero attached hydrogens (tertiary/aromatic N) is 2. The molecule has 0 saturated carbocycles. The number of nitro groups is 1. The maximum atomic E-state index is 12.7. The molecule has 2 amide bonds. The van der Waals surface area contributed by atoms with E-state index < -0.39 is 43.7 Å². The van der Waals surface area contributed by atoms with Gasteiger partial charge in [-0.15, -0.1) is 0 Å². The minimum atomic E-state index is -6.04. The van der Waals surface area contributed by atoms with Crippen LogP contribution in [0.25, 0.3) is 16.6 Å². The van der Waals surface area contributed by atoms with Crippen molar-refractivity contribution < 1.29 is 36.1 Å². The number of anilines is 1. The Morgan fingerprint density at radius 2 is 1.75 bits per heavy atom. The summed E-state index contributed by atoms with van der Waals surface area (Å²) >= 11 is 0. The number of benzene rings is 2. The van der Waals surface area contributed by atoms with Crippen LogP contribution in [0.4, 0.5) is 24.5 Å². The van der Waals surface area contributed by atoms with E-state index >= 15 is 0 Å². The third-order valence-corrected chi connectivity index (χ3v) is 5.25. The molecule has 0 radical (unpaired) electrons. The normalized spacial score (nSPS) is 11.9. The SMILES string of the molecule is CC(=O)Nc1cccc(-n2c(C(=O)NS(=O)(=O)C(F)(F)F)cc3cccc([N+](=O)[O-])c32)c1. The molecule has 0 aliphatic rings. The molecule has 1 aromatic heterocycles. The fourth-order valence-corrected chi connectivity index (χ4v) is 3.45. The van der Waals surface area contributed by atoms with Crippen molar-refractivity contribution >= 4 is 44.1 Å². The van der Waals surface area contributed by atoms with Gasteiger partial charge < -0.3 is 5.32 Å². The summed E-state index contributed by atoms with van der Waals surface area (Å²) in [6, 6.07) is 10.4. The molecule has 14 heteroatoms. The van der Waals surface area contributed by atoms with E-state index in [0.29, 0.717) is 0 Å². The van der Waals surface area contributed by atoms with Crippen LogP contribution in [0.5, 0.6) is 0 Å². The van der Waals surface area contributed by atoms with Gasteiger partial charge in [0.2, 0.25) is 5.91 Å². The number of non-ortho nitro benzene ring substituents is 1. The Hall–Kier alpha value is -3.94. The van der Waals surface area contributed by atoms with Gasteiger partial charge in [-0.1, -0.05) is 18.2 Å². The number of nitrogens with one attached hydrogen (secondary N) is 2. The van der Waals surface area contributed by atoms with Crippen molar-refractivity contribution in [3.8, 4) is 5.69 Å². The number of amides is 2. The van der Waals surface area contributed by atoms with Gasteiger partial charge in [0.1, 0.15) is 11.2 Å². The summed E-state index contributed by atoms with van der Waals surface area (Å²) < 4.78 is 63.0. The van der Waals surface area contributed by atoms with Crippen molar-refractivity contribution in [2.75, 3.05) is 5.32 Å². The molecule has 3 rings (SSSR count). The zero-order valence-corrected chi connectivity index (χ0v) is 16.8. The van der Waals surface area contributed by atoms with Gasteiger partial charge in [-0.2, -0.15) is 21.6 Å². The zero-order valence-electron chi connectivity index (χ0n) is 16.0. The van der Waals surface area contributed by atoms with E-state index in [1.165, 1.54) is 43.3 Å². The van der Waals surface area contributed by atoms with E-state index in [4.69, 9.17) is 0 Å². The largest absolute Gasteiger partial charge is 0.516 e. The second kappa shape index (κ2) is 7.96. The van der Waals surface area contributed by atoms with Gasteiger partial charge in [-0.3, -0.25) is 24.3 Å². The molecule has 0 atom stereocenters. The first-order valence-electron chi connectivity index (χ1n) is 8.62. The van der Waals surface area contributed by atoms with Crippen LogP contribution in [0.3, 0.4) is 0 Å². The summed E-state index contributed by atoms with van der Waals surface area (Å²) in [4.78, 5) is 34.7. The van der Waals surface area contributed by atoms with Crippen molar-refractivity contribution in [3.05, 3.63) is 64.3 Å². The Balaban J connectivity index is 2.29. The first-order chi connectivity index (χ1) is 14.8. The number of hydrogen-bond acceptors (Lipinski definition) is 6. The monoisotopic (exact) mass is 470 g/mol. The summed E-state index contributed by atoms with van der Waals surface area (Å²) in [6.45, 7) is 1.23. The molecular weight excluding hydrogens is 457 g/mol. The average molecular weight is 470 g/mol. The fourth-order valence-electron chi connectivity index (χ4n) is 2.98. The summed E-state index contributed by atoms with van der Waals surface area (Å²) in [5.41, 5.74) is -6.73. The number of fused-ring (bicyclic) bond motifs is 1. The van der Waals surface area contributed by atoms with Crippen LogP contribution < -0.4 is 10.0 Å². The quantitative estimate of drug-likeness (QED) is 0.434. The predicted molar refractivity (Wildman–Crippen MR) is 107 cm³/mol. The number of aromatic nitrogens is 1. The van der Waals surface area contributed by atoms with Gasteiger partial charge in [0, 0.05) is 29.8 Å². The van der Waals surface area contributed by atoms with E-state index in [0.717, 1.165) is 21.4 Å². The van der Waals surface area contributed by atoms with Crippen LogP contribution in [-0.4, -0.2) is 35.2 Å². The van der Waals surface area contributed by atoms with Crippen LogP contribution in [0.1, 0.15) is 17.4 Å². The molecule has 0 unspecified atom stereocenters. The summed E-state index contributed by atoms with van der Waals surface area (Å²) in [5, 5.41) is 14.1. The molecule has 0 bridgehead atoms. The molecule has 0 saturated heterocycles. The van der Waals surface area contributed by atoms with Crippen molar-refractivity contribution in [2.45, 2.75) is 12.4 Å². The lowest BCUT2D eigenvalue weighted by Crippen LogP contribution is -2.40. The van der Waals surface area contributed by atoms with Gasteiger partial charge in [0.25, 0.3) is 11.6 Å². The molecule has 0 spiro atoms. The number of alkyl halides is 3. The number of hydrogen-bond donors (Lipinski definition) is 2. The van der Waals surface area contributed by atoms with Gasteiger partial charge in [-0.25, -0.2) is 4.72 Å². The minimum absolute atomic E-state index is 0.0510. The Kier molecular flexibility index (Phi) is 5.65. The van der Waals surface area contributed by atoms with Crippen molar-refractivity contribution in [3.63, 3.8) is 0 Å². The lowest BCUT2D eigenvalue weighted by molar-refractivity contribution is -0.383.